The fraction of sp³-hybridized carbons (Fsp3) is 0.455. The second-order valence-corrected chi connectivity index (χ2v) is 3.05. The maximum atomic E-state index is 11.2. The monoisotopic (exact) mass is 211 g/mol. The number of hydrogen-bond acceptors (Lipinski definition) is 3. The minimum Gasteiger partial charge on any atom is -0.501 e. The molecule has 0 aromatic carbocycles. The first-order valence-corrected chi connectivity index (χ1v) is 4.88. The van der Waals surface area contributed by atoms with Gasteiger partial charge in [0.15, 0.2) is 0 Å². The van der Waals surface area contributed by atoms with E-state index in [-0.39, 0.29) is 0 Å². The van der Waals surface area contributed by atoms with Gasteiger partial charge in [0.1, 0.15) is 0 Å². The van der Waals surface area contributed by atoms with E-state index in [1.807, 2.05) is 0 Å². The number of rotatable bonds is 6. The molecule has 0 atom stereocenters. The van der Waals surface area contributed by atoms with Crippen molar-refractivity contribution in [1.29, 1.82) is 0 Å². The molecule has 0 saturated heterocycles. The number of carbonyl (C=O) groups is 2. The fourth-order valence-electron chi connectivity index (χ4n) is 0.727. The standard InChI is InChI=1S/C11H17NO3/c1-4-6-7-15-8-9(3)11(14)12-10(13)5-2/h5,8H,2,4,6-7H2,1,3H3,(H,12,13,14). The van der Waals surface area contributed by atoms with E-state index in [1.54, 1.807) is 6.92 Å². The van der Waals surface area contributed by atoms with Gasteiger partial charge in [0.25, 0.3) is 5.91 Å². The van der Waals surface area contributed by atoms with Crippen LogP contribution < -0.4 is 5.32 Å². The summed E-state index contributed by atoms with van der Waals surface area (Å²) in [6.07, 6.45) is 4.38. The Morgan fingerprint density at radius 1 is 1.47 bits per heavy atom. The quantitative estimate of drug-likeness (QED) is 0.412. The van der Waals surface area contributed by atoms with Crippen LogP contribution in [0.25, 0.3) is 0 Å². The number of imide groups is 1. The van der Waals surface area contributed by atoms with Crippen molar-refractivity contribution < 1.29 is 14.3 Å². The highest BCUT2D eigenvalue weighted by molar-refractivity contribution is 6.07. The van der Waals surface area contributed by atoms with E-state index in [4.69, 9.17) is 4.74 Å². The summed E-state index contributed by atoms with van der Waals surface area (Å²) in [7, 11) is 0. The topological polar surface area (TPSA) is 55.4 Å². The fourth-order valence-corrected chi connectivity index (χ4v) is 0.727. The van der Waals surface area contributed by atoms with Gasteiger partial charge in [0.2, 0.25) is 5.91 Å². The van der Waals surface area contributed by atoms with E-state index < -0.39 is 11.8 Å². The Labute approximate surface area is 90.0 Å². The summed E-state index contributed by atoms with van der Waals surface area (Å²) in [5.41, 5.74) is 0.362. The predicted octanol–water partition coefficient (Wildman–Crippen LogP) is 1.54. The van der Waals surface area contributed by atoms with E-state index in [2.05, 4.69) is 18.8 Å². The molecular weight excluding hydrogens is 194 g/mol. The molecule has 0 aliphatic heterocycles. The van der Waals surface area contributed by atoms with Gasteiger partial charge in [-0.2, -0.15) is 0 Å². The van der Waals surface area contributed by atoms with Crippen molar-refractivity contribution in [2.45, 2.75) is 26.7 Å². The molecule has 2 amide bonds. The second kappa shape index (κ2) is 7.79. The van der Waals surface area contributed by atoms with Crippen molar-refractivity contribution in [3.63, 3.8) is 0 Å². The first-order valence-electron chi connectivity index (χ1n) is 4.88. The van der Waals surface area contributed by atoms with Crippen LogP contribution in [0.4, 0.5) is 0 Å². The van der Waals surface area contributed by atoms with Crippen molar-refractivity contribution >= 4 is 11.8 Å². The van der Waals surface area contributed by atoms with E-state index in [0.29, 0.717) is 12.2 Å². The highest BCUT2D eigenvalue weighted by Gasteiger charge is 2.06. The van der Waals surface area contributed by atoms with Crippen LogP contribution in [0.3, 0.4) is 0 Å². The zero-order chi connectivity index (χ0) is 11.7. The van der Waals surface area contributed by atoms with Gasteiger partial charge >= 0.3 is 0 Å². The zero-order valence-corrected chi connectivity index (χ0v) is 9.21. The SMILES string of the molecule is C=CC(=O)NC(=O)C(C)=COCCCC. The molecule has 0 aliphatic rings. The summed E-state index contributed by atoms with van der Waals surface area (Å²) in [5, 5.41) is 2.13. The van der Waals surface area contributed by atoms with Crippen molar-refractivity contribution in [1.82, 2.24) is 5.32 Å². The van der Waals surface area contributed by atoms with E-state index in [9.17, 15) is 9.59 Å². The number of ether oxygens (including phenoxy) is 1. The van der Waals surface area contributed by atoms with Crippen LogP contribution in [0, 0.1) is 0 Å². The van der Waals surface area contributed by atoms with Crippen LogP contribution in [0.2, 0.25) is 0 Å². The lowest BCUT2D eigenvalue weighted by Gasteiger charge is -2.02. The average Bonchev–Trinajstić information content (AvgIpc) is 2.23. The molecule has 15 heavy (non-hydrogen) atoms. The number of unbranched alkanes of at least 4 members (excludes halogenated alkanes) is 1. The summed E-state index contributed by atoms with van der Waals surface area (Å²) in [6, 6.07) is 0. The molecule has 0 heterocycles. The summed E-state index contributed by atoms with van der Waals surface area (Å²) in [4.78, 5) is 22.0. The Hall–Kier alpha value is -1.58. The predicted molar refractivity (Wildman–Crippen MR) is 58.0 cm³/mol. The van der Waals surface area contributed by atoms with Crippen LogP contribution in [0.1, 0.15) is 26.7 Å². The highest BCUT2D eigenvalue weighted by atomic mass is 16.5. The smallest absolute Gasteiger partial charge is 0.256 e. The number of nitrogens with one attached hydrogen (secondary N) is 1. The Kier molecular flexibility index (Phi) is 6.97. The van der Waals surface area contributed by atoms with Crippen molar-refractivity contribution in [3.05, 3.63) is 24.5 Å². The molecule has 0 bridgehead atoms. The van der Waals surface area contributed by atoms with Gasteiger partial charge in [-0.25, -0.2) is 0 Å². The molecule has 0 aromatic rings. The Balaban J connectivity index is 3.96. The van der Waals surface area contributed by atoms with E-state index >= 15 is 0 Å². The maximum Gasteiger partial charge on any atom is 0.256 e. The second-order valence-electron chi connectivity index (χ2n) is 3.05. The Bertz CT molecular complexity index is 269. The minimum absolute atomic E-state index is 0.362. The molecule has 0 radical (unpaired) electrons. The third kappa shape index (κ3) is 6.49. The van der Waals surface area contributed by atoms with Gasteiger partial charge in [-0.3, -0.25) is 14.9 Å². The molecule has 0 fully saturated rings. The largest absolute Gasteiger partial charge is 0.501 e. The summed E-state index contributed by atoms with van der Waals surface area (Å²) >= 11 is 0. The molecule has 0 aromatic heterocycles. The van der Waals surface area contributed by atoms with Crippen LogP contribution in [-0.2, 0) is 14.3 Å². The molecule has 1 N–H and O–H groups in total. The van der Waals surface area contributed by atoms with E-state index in [0.717, 1.165) is 18.9 Å². The van der Waals surface area contributed by atoms with E-state index in [1.165, 1.54) is 6.26 Å². The Morgan fingerprint density at radius 2 is 2.13 bits per heavy atom. The number of hydrogen-bond donors (Lipinski definition) is 1. The molecule has 84 valence electrons. The summed E-state index contributed by atoms with van der Waals surface area (Å²) in [5.74, 6) is -0.974. The van der Waals surface area contributed by atoms with Crippen molar-refractivity contribution in [2.75, 3.05) is 6.61 Å². The summed E-state index contributed by atoms with van der Waals surface area (Å²) < 4.78 is 5.11. The lowest BCUT2D eigenvalue weighted by atomic mass is 10.3. The van der Waals surface area contributed by atoms with Crippen molar-refractivity contribution in [2.24, 2.45) is 0 Å². The Morgan fingerprint density at radius 3 is 2.67 bits per heavy atom. The molecule has 0 saturated carbocycles. The summed E-state index contributed by atoms with van der Waals surface area (Å²) in [6.45, 7) is 7.46. The van der Waals surface area contributed by atoms with Gasteiger partial charge in [0.05, 0.1) is 12.9 Å². The molecule has 4 heteroatoms. The van der Waals surface area contributed by atoms with Gasteiger partial charge in [-0.15, -0.1) is 0 Å². The molecule has 0 spiro atoms. The normalized spacial score (nSPS) is 10.7. The molecule has 0 rings (SSSR count). The number of carbonyl (C=O) groups excluding carboxylic acids is 2. The average molecular weight is 211 g/mol. The zero-order valence-electron chi connectivity index (χ0n) is 9.21. The third-order valence-corrected chi connectivity index (χ3v) is 1.66. The first kappa shape index (κ1) is 13.4. The maximum absolute atomic E-state index is 11.2. The van der Waals surface area contributed by atoms with Gasteiger partial charge in [-0.05, 0) is 19.4 Å². The van der Waals surface area contributed by atoms with Crippen molar-refractivity contribution in [3.8, 4) is 0 Å². The van der Waals surface area contributed by atoms with Crippen LogP contribution in [0.15, 0.2) is 24.5 Å². The molecule has 4 nitrogen and oxygen atoms in total. The molecular formula is C11H17NO3. The van der Waals surface area contributed by atoms with Crippen LogP contribution in [-0.4, -0.2) is 18.4 Å². The molecule has 0 unspecified atom stereocenters. The van der Waals surface area contributed by atoms with Gasteiger partial charge in [-0.1, -0.05) is 19.9 Å². The third-order valence-electron chi connectivity index (χ3n) is 1.66. The van der Waals surface area contributed by atoms with Crippen LogP contribution in [0.5, 0.6) is 0 Å². The lowest BCUT2D eigenvalue weighted by molar-refractivity contribution is -0.125. The number of amides is 2. The van der Waals surface area contributed by atoms with Gasteiger partial charge in [0, 0.05) is 5.57 Å². The van der Waals surface area contributed by atoms with Crippen LogP contribution >= 0.6 is 0 Å². The van der Waals surface area contributed by atoms with Gasteiger partial charge < -0.3 is 4.74 Å². The molecule has 0 aliphatic carbocycles. The lowest BCUT2D eigenvalue weighted by Crippen LogP contribution is -2.29. The first-order chi connectivity index (χ1) is 7.11. The minimum atomic E-state index is -0.513. The highest BCUT2D eigenvalue weighted by Crippen LogP contribution is 1.95.